The van der Waals surface area contributed by atoms with E-state index in [1.54, 1.807) is 0 Å². The maximum absolute atomic E-state index is 12.0. The van der Waals surface area contributed by atoms with Crippen molar-refractivity contribution in [2.45, 2.75) is 44.8 Å². The van der Waals surface area contributed by atoms with Crippen LogP contribution in [0.3, 0.4) is 0 Å². The zero-order valence-corrected chi connectivity index (χ0v) is 9.76. The summed E-state index contributed by atoms with van der Waals surface area (Å²) in [4.78, 5) is 2.11. The summed E-state index contributed by atoms with van der Waals surface area (Å²) in [7, 11) is 0. The van der Waals surface area contributed by atoms with Crippen molar-refractivity contribution in [1.29, 1.82) is 0 Å². The van der Waals surface area contributed by atoms with E-state index in [4.69, 9.17) is 5.73 Å². The molecule has 0 aromatic heterocycles. The van der Waals surface area contributed by atoms with Gasteiger partial charge in [0.2, 0.25) is 0 Å². The molecule has 1 aliphatic rings. The summed E-state index contributed by atoms with van der Waals surface area (Å²) in [5.74, 6) is 0.444. The summed E-state index contributed by atoms with van der Waals surface area (Å²) in [6, 6.07) is 0.144. The van der Waals surface area contributed by atoms with Gasteiger partial charge >= 0.3 is 6.18 Å². The third-order valence-electron chi connectivity index (χ3n) is 3.22. The minimum atomic E-state index is -4.02. The zero-order valence-electron chi connectivity index (χ0n) is 9.76. The molecule has 16 heavy (non-hydrogen) atoms. The minimum Gasteiger partial charge on any atom is -0.328 e. The minimum absolute atomic E-state index is 0.144. The van der Waals surface area contributed by atoms with Crippen molar-refractivity contribution in [2.24, 2.45) is 11.7 Å². The third-order valence-corrected chi connectivity index (χ3v) is 3.22. The molecule has 5 heteroatoms. The van der Waals surface area contributed by atoms with Crippen LogP contribution in [0.5, 0.6) is 0 Å². The third kappa shape index (κ3) is 5.16. The summed E-state index contributed by atoms with van der Waals surface area (Å²) >= 11 is 0. The smallest absolute Gasteiger partial charge is 0.328 e. The number of alkyl halides is 3. The standard InChI is InChI=1S/C11H21F3N2/c1-9(15)10-4-2-6-16(8-10)7-3-5-11(12,13)14/h9-10H,2-8,15H2,1H3. The molecule has 0 amide bonds. The van der Waals surface area contributed by atoms with E-state index in [0.717, 1.165) is 25.9 Å². The second-order valence-electron chi connectivity index (χ2n) is 4.78. The zero-order chi connectivity index (χ0) is 12.2. The van der Waals surface area contributed by atoms with E-state index in [0.29, 0.717) is 12.5 Å². The quantitative estimate of drug-likeness (QED) is 0.814. The topological polar surface area (TPSA) is 29.3 Å². The Hall–Kier alpha value is -0.290. The fraction of sp³-hybridized carbons (Fsp3) is 1.00. The van der Waals surface area contributed by atoms with Crippen molar-refractivity contribution in [3.05, 3.63) is 0 Å². The number of hydrogen-bond acceptors (Lipinski definition) is 2. The SMILES string of the molecule is CC(N)C1CCCN(CCCC(F)(F)F)C1. The Morgan fingerprint density at radius 1 is 1.44 bits per heavy atom. The molecule has 1 heterocycles. The lowest BCUT2D eigenvalue weighted by Crippen LogP contribution is -2.42. The van der Waals surface area contributed by atoms with Gasteiger partial charge < -0.3 is 10.6 Å². The summed E-state index contributed by atoms with van der Waals surface area (Å²) in [5, 5.41) is 0. The van der Waals surface area contributed by atoms with Crippen molar-refractivity contribution < 1.29 is 13.2 Å². The Labute approximate surface area is 95.0 Å². The van der Waals surface area contributed by atoms with Gasteiger partial charge in [-0.1, -0.05) is 0 Å². The van der Waals surface area contributed by atoms with Gasteiger partial charge in [0.1, 0.15) is 0 Å². The van der Waals surface area contributed by atoms with Crippen LogP contribution in [0.15, 0.2) is 0 Å². The number of nitrogens with two attached hydrogens (primary N) is 1. The molecule has 0 aromatic carbocycles. The second kappa shape index (κ2) is 5.87. The van der Waals surface area contributed by atoms with Crippen LogP contribution >= 0.6 is 0 Å². The number of piperidine rings is 1. The maximum Gasteiger partial charge on any atom is 0.389 e. The molecule has 2 atom stereocenters. The monoisotopic (exact) mass is 238 g/mol. The van der Waals surface area contributed by atoms with Crippen LogP contribution in [0.1, 0.15) is 32.6 Å². The molecule has 0 aromatic rings. The van der Waals surface area contributed by atoms with E-state index < -0.39 is 12.6 Å². The van der Waals surface area contributed by atoms with Gasteiger partial charge in [-0.2, -0.15) is 13.2 Å². The second-order valence-corrected chi connectivity index (χ2v) is 4.78. The Bertz CT molecular complexity index is 204. The Morgan fingerprint density at radius 3 is 2.69 bits per heavy atom. The fourth-order valence-corrected chi connectivity index (χ4v) is 2.23. The predicted octanol–water partition coefficient (Wildman–Crippen LogP) is 2.39. The molecule has 0 radical (unpaired) electrons. The van der Waals surface area contributed by atoms with Crippen LogP contribution in [-0.2, 0) is 0 Å². The molecule has 0 bridgehead atoms. The molecule has 1 fully saturated rings. The van der Waals surface area contributed by atoms with Gasteiger partial charge in [-0.05, 0) is 45.2 Å². The van der Waals surface area contributed by atoms with Gasteiger partial charge in [0, 0.05) is 19.0 Å². The molecule has 0 saturated carbocycles. The maximum atomic E-state index is 12.0. The van der Waals surface area contributed by atoms with E-state index >= 15 is 0 Å². The van der Waals surface area contributed by atoms with Crippen LogP contribution in [-0.4, -0.2) is 36.8 Å². The van der Waals surface area contributed by atoms with E-state index in [2.05, 4.69) is 4.90 Å². The lowest BCUT2D eigenvalue weighted by molar-refractivity contribution is -0.136. The largest absolute Gasteiger partial charge is 0.389 e. The normalized spacial score (nSPS) is 25.7. The first kappa shape index (κ1) is 13.8. The first-order valence-electron chi connectivity index (χ1n) is 5.93. The number of rotatable bonds is 4. The van der Waals surface area contributed by atoms with Crippen LogP contribution in [0.25, 0.3) is 0 Å². The number of halogens is 3. The van der Waals surface area contributed by atoms with Gasteiger partial charge in [-0.15, -0.1) is 0 Å². The molecule has 1 saturated heterocycles. The van der Waals surface area contributed by atoms with Gasteiger partial charge in [-0.3, -0.25) is 0 Å². The molecule has 1 rings (SSSR count). The Morgan fingerprint density at radius 2 is 2.12 bits per heavy atom. The predicted molar refractivity (Wildman–Crippen MR) is 58.1 cm³/mol. The van der Waals surface area contributed by atoms with Crippen LogP contribution in [0, 0.1) is 5.92 Å². The number of hydrogen-bond donors (Lipinski definition) is 1. The lowest BCUT2D eigenvalue weighted by atomic mass is 9.92. The van der Waals surface area contributed by atoms with E-state index in [-0.39, 0.29) is 12.5 Å². The summed E-state index contributed by atoms with van der Waals surface area (Å²) in [5.41, 5.74) is 5.82. The van der Waals surface area contributed by atoms with Gasteiger partial charge in [0.25, 0.3) is 0 Å². The van der Waals surface area contributed by atoms with Crippen molar-refractivity contribution in [3.63, 3.8) is 0 Å². The van der Waals surface area contributed by atoms with Crippen molar-refractivity contribution in [1.82, 2.24) is 4.90 Å². The highest BCUT2D eigenvalue weighted by Gasteiger charge is 2.27. The molecule has 0 spiro atoms. The van der Waals surface area contributed by atoms with Crippen molar-refractivity contribution in [3.8, 4) is 0 Å². The highest BCUT2D eigenvalue weighted by atomic mass is 19.4. The van der Waals surface area contributed by atoms with Gasteiger partial charge in [-0.25, -0.2) is 0 Å². The Kier molecular flexibility index (Phi) is 5.05. The van der Waals surface area contributed by atoms with E-state index in [9.17, 15) is 13.2 Å². The molecule has 2 N–H and O–H groups in total. The van der Waals surface area contributed by atoms with Gasteiger partial charge in [0.05, 0.1) is 0 Å². The average Bonchev–Trinajstić information content (AvgIpc) is 2.16. The average molecular weight is 238 g/mol. The van der Waals surface area contributed by atoms with Crippen LogP contribution < -0.4 is 5.73 Å². The summed E-state index contributed by atoms with van der Waals surface area (Å²) < 4.78 is 35.9. The number of likely N-dealkylation sites (tertiary alicyclic amines) is 1. The fourth-order valence-electron chi connectivity index (χ4n) is 2.23. The highest BCUT2D eigenvalue weighted by Crippen LogP contribution is 2.23. The Balaban J connectivity index is 2.22. The van der Waals surface area contributed by atoms with Gasteiger partial charge in [0.15, 0.2) is 0 Å². The highest BCUT2D eigenvalue weighted by molar-refractivity contribution is 4.78. The first-order valence-corrected chi connectivity index (χ1v) is 5.93. The van der Waals surface area contributed by atoms with Crippen LogP contribution in [0.4, 0.5) is 13.2 Å². The lowest BCUT2D eigenvalue weighted by Gasteiger charge is -2.34. The first-order chi connectivity index (χ1) is 7.38. The summed E-state index contributed by atoms with van der Waals surface area (Å²) in [6.45, 7) is 4.29. The van der Waals surface area contributed by atoms with Crippen molar-refractivity contribution >= 4 is 0 Å². The number of nitrogens with zero attached hydrogens (tertiary/aromatic N) is 1. The van der Waals surface area contributed by atoms with Crippen LogP contribution in [0.2, 0.25) is 0 Å². The van der Waals surface area contributed by atoms with E-state index in [1.165, 1.54) is 0 Å². The summed E-state index contributed by atoms with van der Waals surface area (Å²) in [6.07, 6.45) is -2.33. The molecule has 2 unspecified atom stereocenters. The molecule has 0 aliphatic carbocycles. The molecule has 1 aliphatic heterocycles. The van der Waals surface area contributed by atoms with E-state index in [1.807, 2.05) is 6.92 Å². The molecular weight excluding hydrogens is 217 g/mol. The molecule has 2 nitrogen and oxygen atoms in total. The van der Waals surface area contributed by atoms with Crippen molar-refractivity contribution in [2.75, 3.05) is 19.6 Å². The molecule has 96 valence electrons. The molecular formula is C11H21F3N2.